The molecule has 7 nitrogen and oxygen atoms in total. The molecule has 2 aromatic rings. The zero-order valence-corrected chi connectivity index (χ0v) is 16.7. The standard InChI is InChI=1S/C20H24ClN3O4/c1-12(2)18(20(26)22-11-13-6-5-9-27-13)23-19(25)16-10-17(28-24-16)14-7-3-4-8-15(14)21/h3-4,7-8,10,12-13,18H,5-6,9,11H2,1-2H3,(H,22,26)(H,23,25). The van der Waals surface area contributed by atoms with E-state index in [1.165, 1.54) is 6.07 Å². The number of halogens is 1. The van der Waals surface area contributed by atoms with E-state index in [9.17, 15) is 9.59 Å². The zero-order chi connectivity index (χ0) is 20.1. The molecule has 1 aromatic heterocycles. The number of amides is 2. The van der Waals surface area contributed by atoms with E-state index in [0.29, 0.717) is 22.9 Å². The third kappa shape index (κ3) is 4.91. The summed E-state index contributed by atoms with van der Waals surface area (Å²) in [5.74, 6) is -0.426. The lowest BCUT2D eigenvalue weighted by atomic mass is 10.0. The first-order valence-corrected chi connectivity index (χ1v) is 9.75. The van der Waals surface area contributed by atoms with E-state index in [0.717, 1.165) is 19.4 Å². The van der Waals surface area contributed by atoms with Crippen molar-refractivity contribution in [1.29, 1.82) is 0 Å². The molecule has 2 unspecified atom stereocenters. The van der Waals surface area contributed by atoms with Crippen molar-refractivity contribution in [2.75, 3.05) is 13.2 Å². The van der Waals surface area contributed by atoms with Gasteiger partial charge >= 0.3 is 0 Å². The van der Waals surface area contributed by atoms with E-state index in [-0.39, 0.29) is 23.6 Å². The summed E-state index contributed by atoms with van der Waals surface area (Å²) in [6, 6.07) is 7.95. The van der Waals surface area contributed by atoms with Gasteiger partial charge in [-0.15, -0.1) is 0 Å². The first-order valence-electron chi connectivity index (χ1n) is 9.37. The van der Waals surface area contributed by atoms with E-state index >= 15 is 0 Å². The maximum atomic E-state index is 12.6. The summed E-state index contributed by atoms with van der Waals surface area (Å²) >= 11 is 6.15. The molecule has 0 saturated carbocycles. The quantitative estimate of drug-likeness (QED) is 0.738. The molecule has 1 saturated heterocycles. The van der Waals surface area contributed by atoms with Crippen LogP contribution in [-0.4, -0.2) is 42.3 Å². The number of nitrogens with zero attached hydrogens (tertiary/aromatic N) is 1. The van der Waals surface area contributed by atoms with Gasteiger partial charge in [0.15, 0.2) is 11.5 Å². The van der Waals surface area contributed by atoms with E-state index in [2.05, 4.69) is 15.8 Å². The molecule has 2 amide bonds. The van der Waals surface area contributed by atoms with Gasteiger partial charge in [0.2, 0.25) is 5.91 Å². The first kappa shape index (κ1) is 20.4. The molecule has 0 aliphatic carbocycles. The minimum atomic E-state index is -0.686. The van der Waals surface area contributed by atoms with Crippen molar-refractivity contribution < 1.29 is 18.8 Å². The monoisotopic (exact) mass is 405 g/mol. The van der Waals surface area contributed by atoms with Gasteiger partial charge in [-0.25, -0.2) is 0 Å². The predicted molar refractivity (Wildman–Crippen MR) is 105 cm³/mol. The van der Waals surface area contributed by atoms with Crippen LogP contribution in [0.25, 0.3) is 11.3 Å². The van der Waals surface area contributed by atoms with Crippen molar-refractivity contribution >= 4 is 23.4 Å². The number of hydrogen-bond donors (Lipinski definition) is 2. The fourth-order valence-corrected chi connectivity index (χ4v) is 3.28. The summed E-state index contributed by atoms with van der Waals surface area (Å²) in [6.45, 7) is 4.91. The van der Waals surface area contributed by atoms with E-state index in [1.54, 1.807) is 18.2 Å². The van der Waals surface area contributed by atoms with E-state index in [4.69, 9.17) is 20.9 Å². The first-order chi connectivity index (χ1) is 13.5. The van der Waals surface area contributed by atoms with Crippen LogP contribution < -0.4 is 10.6 Å². The molecule has 2 atom stereocenters. The van der Waals surface area contributed by atoms with Gasteiger partial charge in [-0.3, -0.25) is 9.59 Å². The Morgan fingerprint density at radius 2 is 2.11 bits per heavy atom. The third-order valence-electron chi connectivity index (χ3n) is 4.65. The van der Waals surface area contributed by atoms with Crippen molar-refractivity contribution in [3.63, 3.8) is 0 Å². The number of rotatable bonds is 7. The molecule has 3 rings (SSSR count). The second-order valence-electron chi connectivity index (χ2n) is 7.13. The molecule has 150 valence electrons. The van der Waals surface area contributed by atoms with Gasteiger partial charge in [0.25, 0.3) is 5.91 Å². The predicted octanol–water partition coefficient (Wildman–Crippen LogP) is 3.04. The van der Waals surface area contributed by atoms with Crippen molar-refractivity contribution in [3.05, 3.63) is 41.0 Å². The fraction of sp³-hybridized carbons (Fsp3) is 0.450. The second-order valence-corrected chi connectivity index (χ2v) is 7.54. The van der Waals surface area contributed by atoms with Gasteiger partial charge in [0, 0.05) is 24.8 Å². The summed E-state index contributed by atoms with van der Waals surface area (Å²) in [7, 11) is 0. The van der Waals surface area contributed by atoms with Crippen LogP contribution in [0.4, 0.5) is 0 Å². The zero-order valence-electron chi connectivity index (χ0n) is 15.9. The van der Waals surface area contributed by atoms with Crippen LogP contribution in [0.3, 0.4) is 0 Å². The van der Waals surface area contributed by atoms with Gasteiger partial charge < -0.3 is 19.9 Å². The topological polar surface area (TPSA) is 93.5 Å². The number of benzene rings is 1. The number of ether oxygens (including phenoxy) is 1. The van der Waals surface area contributed by atoms with Gasteiger partial charge in [-0.05, 0) is 30.9 Å². The van der Waals surface area contributed by atoms with Crippen LogP contribution in [0.1, 0.15) is 37.2 Å². The van der Waals surface area contributed by atoms with Crippen LogP contribution in [-0.2, 0) is 9.53 Å². The molecule has 1 aromatic carbocycles. The van der Waals surface area contributed by atoms with Gasteiger partial charge in [-0.2, -0.15) is 0 Å². The summed E-state index contributed by atoms with van der Waals surface area (Å²) in [5, 5.41) is 9.92. The maximum Gasteiger partial charge on any atom is 0.274 e. The number of nitrogens with one attached hydrogen (secondary N) is 2. The Balaban J connectivity index is 1.64. The number of hydrogen-bond acceptors (Lipinski definition) is 5. The second kappa shape index (κ2) is 9.21. The summed E-state index contributed by atoms with van der Waals surface area (Å²) in [4.78, 5) is 25.1. The molecule has 28 heavy (non-hydrogen) atoms. The Kier molecular flexibility index (Phi) is 6.70. The van der Waals surface area contributed by atoms with Crippen molar-refractivity contribution in [2.45, 2.75) is 38.8 Å². The van der Waals surface area contributed by atoms with E-state index in [1.807, 2.05) is 19.9 Å². The highest BCUT2D eigenvalue weighted by molar-refractivity contribution is 6.33. The summed E-state index contributed by atoms with van der Waals surface area (Å²) in [6.07, 6.45) is 1.98. The highest BCUT2D eigenvalue weighted by atomic mass is 35.5. The summed E-state index contributed by atoms with van der Waals surface area (Å²) in [5.41, 5.74) is 0.734. The van der Waals surface area contributed by atoms with Gasteiger partial charge in [-0.1, -0.05) is 42.7 Å². The van der Waals surface area contributed by atoms with Crippen molar-refractivity contribution in [2.24, 2.45) is 5.92 Å². The molecule has 1 aliphatic rings. The average molecular weight is 406 g/mol. The largest absolute Gasteiger partial charge is 0.376 e. The maximum absolute atomic E-state index is 12.6. The smallest absolute Gasteiger partial charge is 0.274 e. The summed E-state index contributed by atoms with van der Waals surface area (Å²) < 4.78 is 10.8. The Hall–Kier alpha value is -2.38. The number of carbonyl (C=O) groups is 2. The molecule has 2 heterocycles. The molecule has 0 spiro atoms. The van der Waals surface area contributed by atoms with Crippen molar-refractivity contribution in [1.82, 2.24) is 15.8 Å². The molecule has 1 aliphatic heterocycles. The van der Waals surface area contributed by atoms with Gasteiger partial charge in [0.1, 0.15) is 6.04 Å². The molecular formula is C20H24ClN3O4. The Bertz CT molecular complexity index is 830. The molecule has 8 heteroatoms. The third-order valence-corrected chi connectivity index (χ3v) is 4.98. The van der Waals surface area contributed by atoms with Crippen LogP contribution in [0.15, 0.2) is 34.9 Å². The molecule has 0 radical (unpaired) electrons. The van der Waals surface area contributed by atoms with Crippen LogP contribution >= 0.6 is 11.6 Å². The molecule has 1 fully saturated rings. The number of aromatic nitrogens is 1. The lowest BCUT2D eigenvalue weighted by Gasteiger charge is -2.22. The Morgan fingerprint density at radius 3 is 2.79 bits per heavy atom. The fourth-order valence-electron chi connectivity index (χ4n) is 3.05. The van der Waals surface area contributed by atoms with Crippen LogP contribution in [0.2, 0.25) is 5.02 Å². The minimum Gasteiger partial charge on any atom is -0.376 e. The SMILES string of the molecule is CC(C)C(NC(=O)c1cc(-c2ccccc2Cl)on1)C(=O)NCC1CCCO1. The normalized spacial score (nSPS) is 17.5. The van der Waals surface area contributed by atoms with Crippen LogP contribution in [0.5, 0.6) is 0 Å². The Morgan fingerprint density at radius 1 is 1.32 bits per heavy atom. The lowest BCUT2D eigenvalue weighted by Crippen LogP contribution is -2.51. The highest BCUT2D eigenvalue weighted by Gasteiger charge is 2.27. The number of carbonyl (C=O) groups excluding carboxylic acids is 2. The molecule has 2 N–H and O–H groups in total. The van der Waals surface area contributed by atoms with E-state index < -0.39 is 11.9 Å². The highest BCUT2D eigenvalue weighted by Crippen LogP contribution is 2.28. The van der Waals surface area contributed by atoms with Crippen LogP contribution in [0, 0.1) is 5.92 Å². The molecule has 0 bridgehead atoms. The Labute approximate surface area is 168 Å². The van der Waals surface area contributed by atoms with Crippen molar-refractivity contribution in [3.8, 4) is 11.3 Å². The lowest BCUT2D eigenvalue weighted by molar-refractivity contribution is -0.124. The molecular weight excluding hydrogens is 382 g/mol. The average Bonchev–Trinajstić information content (AvgIpc) is 3.36. The van der Waals surface area contributed by atoms with Gasteiger partial charge in [0.05, 0.1) is 11.1 Å². The minimum absolute atomic E-state index is 0.0428.